The molecule has 1 aliphatic rings. The molecule has 1 fully saturated rings. The van der Waals surface area contributed by atoms with E-state index in [1.807, 2.05) is 30.3 Å². The highest BCUT2D eigenvalue weighted by molar-refractivity contribution is 8.26. The maximum Gasteiger partial charge on any atom is 0.326 e. The number of thiocarbonyl (C=S) groups is 1. The molecule has 9 heteroatoms. The van der Waals surface area contributed by atoms with Crippen LogP contribution in [0, 0.1) is 0 Å². The Morgan fingerprint density at radius 1 is 1.10 bits per heavy atom. The van der Waals surface area contributed by atoms with Gasteiger partial charge in [-0.15, -0.1) is 0 Å². The van der Waals surface area contributed by atoms with Gasteiger partial charge in [0, 0.05) is 6.42 Å². The fraction of sp³-hybridized carbons (Fsp3) is 0.143. The average Bonchev–Trinajstić information content (AvgIpc) is 2.96. The predicted octanol–water partition coefficient (Wildman–Crippen LogP) is 4.00. The van der Waals surface area contributed by atoms with Gasteiger partial charge in [-0.25, -0.2) is 4.79 Å². The second-order valence-corrected chi connectivity index (χ2v) is 8.00. The van der Waals surface area contributed by atoms with Crippen LogP contribution in [-0.2, 0) is 14.4 Å². The largest absolute Gasteiger partial charge is 0.481 e. The van der Waals surface area contributed by atoms with Crippen molar-refractivity contribution in [3.05, 3.63) is 65.1 Å². The van der Waals surface area contributed by atoms with E-state index in [4.69, 9.17) is 22.1 Å². The lowest BCUT2D eigenvalue weighted by Gasteiger charge is -2.22. The number of amides is 1. The first-order chi connectivity index (χ1) is 14.3. The lowest BCUT2D eigenvalue weighted by Crippen LogP contribution is -2.44. The maximum absolute atomic E-state index is 12.8. The highest BCUT2D eigenvalue weighted by atomic mass is 32.2. The Hall–Kier alpha value is -3.17. The van der Waals surface area contributed by atoms with E-state index in [-0.39, 0.29) is 22.1 Å². The molecule has 0 aliphatic carbocycles. The van der Waals surface area contributed by atoms with Crippen molar-refractivity contribution < 1.29 is 29.3 Å². The van der Waals surface area contributed by atoms with E-state index in [2.05, 4.69) is 0 Å². The lowest BCUT2D eigenvalue weighted by atomic mass is 10.1. The molecule has 0 aromatic heterocycles. The Morgan fingerprint density at radius 2 is 1.80 bits per heavy atom. The van der Waals surface area contributed by atoms with E-state index in [0.717, 1.165) is 16.7 Å². The van der Waals surface area contributed by atoms with Crippen LogP contribution in [0.5, 0.6) is 11.5 Å². The monoisotopic (exact) mass is 443 g/mol. The molecule has 1 saturated heterocycles. The summed E-state index contributed by atoms with van der Waals surface area (Å²) in [5, 5.41) is 18.3. The SMILES string of the molecule is O=C(O)CCC(C(=O)O)N1C(=O)/C(=C/c2cccc(Oc3ccccc3)c2)SC1=S. The second-order valence-electron chi connectivity index (χ2n) is 6.33. The van der Waals surface area contributed by atoms with Crippen molar-refractivity contribution >= 4 is 52.2 Å². The molecule has 1 aliphatic heterocycles. The summed E-state index contributed by atoms with van der Waals surface area (Å²) < 4.78 is 5.87. The summed E-state index contributed by atoms with van der Waals surface area (Å²) in [5.41, 5.74) is 0.682. The predicted molar refractivity (Wildman–Crippen MR) is 116 cm³/mol. The summed E-state index contributed by atoms with van der Waals surface area (Å²) in [4.78, 5) is 36.4. The van der Waals surface area contributed by atoms with E-state index < -0.39 is 23.9 Å². The molecule has 1 atom stereocenters. The van der Waals surface area contributed by atoms with E-state index >= 15 is 0 Å². The summed E-state index contributed by atoms with van der Waals surface area (Å²) in [7, 11) is 0. The molecule has 154 valence electrons. The minimum Gasteiger partial charge on any atom is -0.481 e. The number of ether oxygens (including phenoxy) is 1. The van der Waals surface area contributed by atoms with Crippen LogP contribution in [0.3, 0.4) is 0 Å². The summed E-state index contributed by atoms with van der Waals surface area (Å²) in [6.07, 6.45) is 0.990. The number of thioether (sulfide) groups is 1. The first-order valence-electron chi connectivity index (χ1n) is 8.90. The lowest BCUT2D eigenvalue weighted by molar-refractivity contribution is -0.146. The number of aliphatic carboxylic acids is 2. The molecular weight excluding hydrogens is 426 g/mol. The molecule has 2 N–H and O–H groups in total. The Labute approximate surface area is 182 Å². The van der Waals surface area contributed by atoms with Crippen molar-refractivity contribution in [2.75, 3.05) is 0 Å². The van der Waals surface area contributed by atoms with E-state index in [1.54, 1.807) is 30.3 Å². The quantitative estimate of drug-likeness (QED) is 0.466. The zero-order chi connectivity index (χ0) is 21.7. The first-order valence-corrected chi connectivity index (χ1v) is 10.1. The molecule has 1 heterocycles. The summed E-state index contributed by atoms with van der Waals surface area (Å²) in [6.45, 7) is 0. The fourth-order valence-corrected chi connectivity index (χ4v) is 4.17. The van der Waals surface area contributed by atoms with E-state index in [0.29, 0.717) is 17.1 Å². The molecular formula is C21H17NO6S2. The topological polar surface area (TPSA) is 104 Å². The van der Waals surface area contributed by atoms with Gasteiger partial charge < -0.3 is 14.9 Å². The van der Waals surface area contributed by atoms with Gasteiger partial charge in [-0.3, -0.25) is 14.5 Å². The molecule has 0 bridgehead atoms. The first kappa shape index (κ1) is 21.5. The molecule has 0 saturated carbocycles. The zero-order valence-corrected chi connectivity index (χ0v) is 17.2. The van der Waals surface area contributed by atoms with Gasteiger partial charge in [0.2, 0.25) is 0 Å². The van der Waals surface area contributed by atoms with E-state index in [9.17, 15) is 19.5 Å². The minimum absolute atomic E-state index is 0.0840. The molecule has 30 heavy (non-hydrogen) atoms. The maximum atomic E-state index is 12.8. The summed E-state index contributed by atoms with van der Waals surface area (Å²) in [5.74, 6) is -1.75. The molecule has 3 rings (SSSR count). The Balaban J connectivity index is 1.80. The van der Waals surface area contributed by atoms with Crippen LogP contribution in [0.15, 0.2) is 59.5 Å². The van der Waals surface area contributed by atoms with Gasteiger partial charge in [-0.1, -0.05) is 54.3 Å². The third-order valence-electron chi connectivity index (χ3n) is 4.19. The number of para-hydroxylation sites is 1. The van der Waals surface area contributed by atoms with Crippen molar-refractivity contribution in [1.82, 2.24) is 4.90 Å². The number of hydrogen-bond donors (Lipinski definition) is 2. The van der Waals surface area contributed by atoms with Gasteiger partial charge in [0.15, 0.2) is 0 Å². The van der Waals surface area contributed by atoms with Crippen molar-refractivity contribution in [2.45, 2.75) is 18.9 Å². The molecule has 0 radical (unpaired) electrons. The number of hydrogen-bond acceptors (Lipinski definition) is 6. The van der Waals surface area contributed by atoms with Gasteiger partial charge in [-0.2, -0.15) is 0 Å². The highest BCUT2D eigenvalue weighted by Gasteiger charge is 2.40. The number of nitrogens with zero attached hydrogens (tertiary/aromatic N) is 1. The third-order valence-corrected chi connectivity index (χ3v) is 5.52. The molecule has 1 amide bonds. The Morgan fingerprint density at radius 3 is 2.47 bits per heavy atom. The Bertz CT molecular complexity index is 1020. The van der Waals surface area contributed by atoms with Gasteiger partial charge in [-0.05, 0) is 42.3 Å². The van der Waals surface area contributed by atoms with Crippen LogP contribution in [0.2, 0.25) is 0 Å². The van der Waals surface area contributed by atoms with Crippen molar-refractivity contribution in [3.63, 3.8) is 0 Å². The average molecular weight is 444 g/mol. The van der Waals surface area contributed by atoms with Crippen LogP contribution in [0.4, 0.5) is 0 Å². The van der Waals surface area contributed by atoms with Crippen LogP contribution >= 0.6 is 24.0 Å². The highest BCUT2D eigenvalue weighted by Crippen LogP contribution is 2.35. The normalized spacial score (nSPS) is 16.0. The van der Waals surface area contributed by atoms with Crippen molar-refractivity contribution in [2.24, 2.45) is 0 Å². The number of benzene rings is 2. The Kier molecular flexibility index (Phi) is 6.86. The fourth-order valence-electron chi connectivity index (χ4n) is 2.82. The number of carbonyl (C=O) groups is 3. The van der Waals surface area contributed by atoms with Crippen LogP contribution < -0.4 is 4.74 Å². The van der Waals surface area contributed by atoms with Gasteiger partial charge in [0.05, 0.1) is 4.91 Å². The molecule has 2 aromatic rings. The number of carbonyl (C=O) groups excluding carboxylic acids is 1. The van der Waals surface area contributed by atoms with Crippen molar-refractivity contribution in [1.29, 1.82) is 0 Å². The standard InChI is InChI=1S/C21H17NO6S2/c23-18(24)10-9-16(20(26)27)22-19(25)17(30-21(22)29)12-13-5-4-8-15(11-13)28-14-6-2-1-3-7-14/h1-8,11-12,16H,9-10H2,(H,23,24)(H,26,27)/b17-12-. The molecule has 0 spiro atoms. The zero-order valence-electron chi connectivity index (χ0n) is 15.6. The molecule has 7 nitrogen and oxygen atoms in total. The second kappa shape index (κ2) is 9.55. The smallest absolute Gasteiger partial charge is 0.326 e. The summed E-state index contributed by atoms with van der Waals surface area (Å²) in [6, 6.07) is 15.0. The number of rotatable bonds is 8. The van der Waals surface area contributed by atoms with Gasteiger partial charge in [0.1, 0.15) is 21.9 Å². The number of carboxylic acids is 2. The number of carboxylic acid groups (broad SMARTS) is 2. The van der Waals surface area contributed by atoms with E-state index in [1.165, 1.54) is 0 Å². The van der Waals surface area contributed by atoms with Crippen LogP contribution in [-0.4, -0.2) is 43.3 Å². The van der Waals surface area contributed by atoms with Crippen LogP contribution in [0.1, 0.15) is 18.4 Å². The molecule has 2 aromatic carbocycles. The van der Waals surface area contributed by atoms with Gasteiger partial charge >= 0.3 is 11.9 Å². The summed E-state index contributed by atoms with van der Waals surface area (Å²) >= 11 is 6.17. The van der Waals surface area contributed by atoms with Crippen molar-refractivity contribution in [3.8, 4) is 11.5 Å². The third kappa shape index (κ3) is 5.25. The van der Waals surface area contributed by atoms with Crippen LogP contribution in [0.25, 0.3) is 6.08 Å². The minimum atomic E-state index is -1.33. The van der Waals surface area contributed by atoms with Gasteiger partial charge in [0.25, 0.3) is 5.91 Å². The molecule has 1 unspecified atom stereocenters.